The second kappa shape index (κ2) is 6.84. The lowest BCUT2D eigenvalue weighted by Gasteiger charge is -2.33. The zero-order valence-corrected chi connectivity index (χ0v) is 12.4. The highest BCUT2D eigenvalue weighted by Gasteiger charge is 2.38. The zero-order valence-electron chi connectivity index (χ0n) is 12.4. The fraction of sp³-hybridized carbons (Fsp3) is 0.625. The van der Waals surface area contributed by atoms with Crippen molar-refractivity contribution in [3.8, 4) is 0 Å². The summed E-state index contributed by atoms with van der Waals surface area (Å²) in [5.41, 5.74) is 0.107. The van der Waals surface area contributed by atoms with E-state index in [1.165, 1.54) is 32.8 Å². The molecule has 1 saturated carbocycles. The van der Waals surface area contributed by atoms with Crippen molar-refractivity contribution in [3.63, 3.8) is 0 Å². The molecule has 2 rings (SSSR count). The van der Waals surface area contributed by atoms with Crippen LogP contribution in [0, 0.1) is 0 Å². The largest absolute Gasteiger partial charge is 0.467 e. The summed E-state index contributed by atoms with van der Waals surface area (Å²) in [7, 11) is 1.44. The van der Waals surface area contributed by atoms with E-state index in [0.29, 0.717) is 6.04 Å². The number of pyridine rings is 1. The lowest BCUT2D eigenvalue weighted by molar-refractivity contribution is -0.148. The van der Waals surface area contributed by atoms with Crippen LogP contribution in [0.1, 0.15) is 51.0 Å². The Labute approximate surface area is 120 Å². The van der Waals surface area contributed by atoms with Crippen LogP contribution in [-0.2, 0) is 15.1 Å². The molecule has 0 spiro atoms. The molecule has 1 aliphatic carbocycles. The Bertz CT molecular complexity index is 427. The minimum atomic E-state index is -0.799. The van der Waals surface area contributed by atoms with Crippen LogP contribution in [0.25, 0.3) is 0 Å². The van der Waals surface area contributed by atoms with E-state index in [1.807, 2.05) is 19.1 Å². The van der Waals surface area contributed by atoms with E-state index in [-0.39, 0.29) is 5.97 Å². The van der Waals surface area contributed by atoms with Crippen LogP contribution in [0.3, 0.4) is 0 Å². The highest BCUT2D eigenvalue weighted by atomic mass is 16.5. The van der Waals surface area contributed by atoms with Gasteiger partial charge in [0.2, 0.25) is 0 Å². The molecular weight excluding hydrogens is 252 g/mol. The van der Waals surface area contributed by atoms with Crippen LogP contribution < -0.4 is 5.32 Å². The van der Waals surface area contributed by atoms with Crippen molar-refractivity contribution in [1.29, 1.82) is 0 Å². The quantitative estimate of drug-likeness (QED) is 0.678. The van der Waals surface area contributed by atoms with Gasteiger partial charge in [0.25, 0.3) is 0 Å². The van der Waals surface area contributed by atoms with Gasteiger partial charge in [-0.3, -0.25) is 10.3 Å². The molecule has 1 aromatic rings. The van der Waals surface area contributed by atoms with Crippen molar-refractivity contribution in [2.24, 2.45) is 0 Å². The van der Waals surface area contributed by atoms with Gasteiger partial charge in [-0.05, 0) is 37.5 Å². The molecule has 4 heteroatoms. The smallest absolute Gasteiger partial charge is 0.330 e. The molecule has 0 aromatic carbocycles. The molecule has 1 heterocycles. The normalized spacial score (nSPS) is 19.9. The van der Waals surface area contributed by atoms with Crippen LogP contribution in [0.15, 0.2) is 24.5 Å². The maximum Gasteiger partial charge on any atom is 0.330 e. The summed E-state index contributed by atoms with van der Waals surface area (Å²) in [4.78, 5) is 16.3. The molecule has 0 radical (unpaired) electrons. The summed E-state index contributed by atoms with van der Waals surface area (Å²) in [6.07, 6.45) is 10.7. The summed E-state index contributed by atoms with van der Waals surface area (Å²) in [5.74, 6) is -0.243. The van der Waals surface area contributed by atoms with Gasteiger partial charge in [0, 0.05) is 18.4 Å². The molecule has 1 fully saturated rings. The first-order chi connectivity index (χ1) is 9.66. The van der Waals surface area contributed by atoms with Crippen molar-refractivity contribution in [2.75, 3.05) is 7.11 Å². The van der Waals surface area contributed by atoms with E-state index in [2.05, 4.69) is 10.3 Å². The number of nitrogens with one attached hydrogen (secondary N) is 1. The predicted octanol–water partition coefficient (Wildman–Crippen LogP) is 2.78. The van der Waals surface area contributed by atoms with Crippen molar-refractivity contribution in [3.05, 3.63) is 30.1 Å². The van der Waals surface area contributed by atoms with E-state index < -0.39 is 5.54 Å². The minimum Gasteiger partial charge on any atom is -0.467 e. The molecule has 0 amide bonds. The van der Waals surface area contributed by atoms with E-state index >= 15 is 0 Å². The zero-order chi connectivity index (χ0) is 14.4. The van der Waals surface area contributed by atoms with Gasteiger partial charge in [-0.1, -0.05) is 25.7 Å². The SMILES string of the molecule is COC(=O)C(C)(NC1CCCCCC1)c1ccncc1. The van der Waals surface area contributed by atoms with Crippen molar-refractivity contribution in [2.45, 2.75) is 57.0 Å². The van der Waals surface area contributed by atoms with Crippen LogP contribution in [0.2, 0.25) is 0 Å². The number of esters is 1. The first-order valence-electron chi connectivity index (χ1n) is 7.43. The Kier molecular flexibility index (Phi) is 5.12. The average Bonchev–Trinajstić information content (AvgIpc) is 2.75. The van der Waals surface area contributed by atoms with Gasteiger partial charge in [0.15, 0.2) is 0 Å². The maximum atomic E-state index is 12.3. The number of carbonyl (C=O) groups excluding carboxylic acids is 1. The maximum absolute atomic E-state index is 12.3. The molecule has 0 bridgehead atoms. The highest BCUT2D eigenvalue weighted by Crippen LogP contribution is 2.26. The van der Waals surface area contributed by atoms with Crippen LogP contribution in [-0.4, -0.2) is 24.1 Å². The molecule has 1 atom stereocenters. The van der Waals surface area contributed by atoms with E-state index in [4.69, 9.17) is 4.74 Å². The lowest BCUT2D eigenvalue weighted by Crippen LogP contribution is -2.51. The predicted molar refractivity (Wildman–Crippen MR) is 78.2 cm³/mol. The molecule has 1 N–H and O–H groups in total. The number of methoxy groups -OCH3 is 1. The molecule has 1 aliphatic rings. The third-order valence-corrected chi connectivity index (χ3v) is 4.20. The first-order valence-corrected chi connectivity index (χ1v) is 7.43. The van der Waals surface area contributed by atoms with Crippen LogP contribution in [0.5, 0.6) is 0 Å². The number of hydrogen-bond donors (Lipinski definition) is 1. The van der Waals surface area contributed by atoms with E-state index in [0.717, 1.165) is 18.4 Å². The van der Waals surface area contributed by atoms with Gasteiger partial charge in [-0.25, -0.2) is 4.79 Å². The van der Waals surface area contributed by atoms with Crippen LogP contribution >= 0.6 is 0 Å². The molecule has 0 saturated heterocycles. The van der Waals surface area contributed by atoms with Gasteiger partial charge in [-0.2, -0.15) is 0 Å². The Morgan fingerprint density at radius 2 is 1.85 bits per heavy atom. The number of aromatic nitrogens is 1. The molecular formula is C16H24N2O2. The molecule has 20 heavy (non-hydrogen) atoms. The Morgan fingerprint density at radius 3 is 2.40 bits per heavy atom. The minimum absolute atomic E-state index is 0.243. The lowest BCUT2D eigenvalue weighted by atomic mass is 9.90. The molecule has 4 nitrogen and oxygen atoms in total. The fourth-order valence-corrected chi connectivity index (χ4v) is 2.98. The number of nitrogens with zero attached hydrogens (tertiary/aromatic N) is 1. The van der Waals surface area contributed by atoms with E-state index in [9.17, 15) is 4.79 Å². The summed E-state index contributed by atoms with van der Waals surface area (Å²) < 4.78 is 5.02. The van der Waals surface area contributed by atoms with Crippen molar-refractivity contribution in [1.82, 2.24) is 10.3 Å². The number of ether oxygens (including phenoxy) is 1. The Morgan fingerprint density at radius 1 is 1.25 bits per heavy atom. The number of rotatable bonds is 4. The first kappa shape index (κ1) is 15.0. The van der Waals surface area contributed by atoms with Crippen molar-refractivity contribution < 1.29 is 9.53 Å². The van der Waals surface area contributed by atoms with Gasteiger partial charge in [0.05, 0.1) is 7.11 Å². The number of hydrogen-bond acceptors (Lipinski definition) is 4. The summed E-state index contributed by atoms with van der Waals surface area (Å²) in [5, 5.41) is 3.54. The van der Waals surface area contributed by atoms with Gasteiger partial charge >= 0.3 is 5.97 Å². The third-order valence-electron chi connectivity index (χ3n) is 4.20. The van der Waals surface area contributed by atoms with Gasteiger partial charge < -0.3 is 4.74 Å². The topological polar surface area (TPSA) is 51.2 Å². The number of carbonyl (C=O) groups is 1. The average molecular weight is 276 g/mol. The van der Waals surface area contributed by atoms with E-state index in [1.54, 1.807) is 12.4 Å². The second-order valence-corrected chi connectivity index (χ2v) is 5.69. The fourth-order valence-electron chi connectivity index (χ4n) is 2.98. The summed E-state index contributed by atoms with van der Waals surface area (Å²) in [6, 6.07) is 4.12. The summed E-state index contributed by atoms with van der Waals surface area (Å²) >= 11 is 0. The standard InChI is InChI=1S/C16H24N2O2/c1-16(15(19)20-2,13-9-11-17-12-10-13)18-14-7-5-3-4-6-8-14/h9-12,14,18H,3-8H2,1-2H3. The third kappa shape index (κ3) is 3.37. The van der Waals surface area contributed by atoms with Gasteiger partial charge in [0.1, 0.15) is 5.54 Å². The highest BCUT2D eigenvalue weighted by molar-refractivity contribution is 5.82. The molecule has 0 aliphatic heterocycles. The Balaban J connectivity index is 2.21. The monoisotopic (exact) mass is 276 g/mol. The van der Waals surface area contributed by atoms with Crippen molar-refractivity contribution >= 4 is 5.97 Å². The molecule has 1 unspecified atom stereocenters. The molecule has 1 aromatic heterocycles. The summed E-state index contributed by atoms with van der Waals surface area (Å²) in [6.45, 7) is 1.90. The second-order valence-electron chi connectivity index (χ2n) is 5.69. The molecule has 110 valence electrons. The van der Waals surface area contributed by atoms with Gasteiger partial charge in [-0.15, -0.1) is 0 Å². The Hall–Kier alpha value is -1.42. The van der Waals surface area contributed by atoms with Crippen LogP contribution in [0.4, 0.5) is 0 Å².